The molecule has 4 nitrogen and oxygen atoms in total. The normalized spacial score (nSPS) is 10.1. The molecular weight excluding hydrogens is 334 g/mol. The van der Waals surface area contributed by atoms with Crippen LogP contribution >= 0.6 is 15.9 Å². The largest absolute Gasteiger partial charge is 0.497 e. The Bertz CT molecular complexity index is 658. The second kappa shape index (κ2) is 6.63. The Hall–Kier alpha value is -2.01. The average Bonchev–Trinajstić information content (AvgIpc) is 2.53. The van der Waals surface area contributed by atoms with E-state index in [9.17, 15) is 4.79 Å². The van der Waals surface area contributed by atoms with Gasteiger partial charge >= 0.3 is 0 Å². The number of carbonyl (C=O) groups excluding carboxylic acids is 1. The summed E-state index contributed by atoms with van der Waals surface area (Å²) in [6, 6.07) is 12.6. The fourth-order valence-electron chi connectivity index (χ4n) is 1.93. The molecule has 1 amide bonds. The van der Waals surface area contributed by atoms with Crippen molar-refractivity contribution in [3.8, 4) is 11.5 Å². The van der Waals surface area contributed by atoms with E-state index < -0.39 is 0 Å². The van der Waals surface area contributed by atoms with Crippen molar-refractivity contribution in [2.75, 3.05) is 26.2 Å². The quantitative estimate of drug-likeness (QED) is 0.843. The predicted octanol–water partition coefficient (Wildman–Crippen LogP) is 3.74. The van der Waals surface area contributed by atoms with E-state index in [2.05, 4.69) is 15.9 Å². The Morgan fingerprint density at radius 2 is 1.86 bits per heavy atom. The first kappa shape index (κ1) is 15.4. The minimum Gasteiger partial charge on any atom is -0.497 e. The molecule has 0 atom stereocenters. The lowest BCUT2D eigenvalue weighted by Gasteiger charge is -2.18. The van der Waals surface area contributed by atoms with E-state index >= 15 is 0 Å². The number of ether oxygens (including phenoxy) is 2. The van der Waals surface area contributed by atoms with Crippen LogP contribution in [-0.2, 0) is 0 Å². The summed E-state index contributed by atoms with van der Waals surface area (Å²) in [5.41, 5.74) is 1.35. The SMILES string of the molecule is COc1cccc(N(C)C(=O)c2ccc(OC)c(Br)c2)c1. The van der Waals surface area contributed by atoms with Crippen LogP contribution < -0.4 is 14.4 Å². The van der Waals surface area contributed by atoms with Gasteiger partial charge in [0.2, 0.25) is 0 Å². The van der Waals surface area contributed by atoms with Gasteiger partial charge in [-0.3, -0.25) is 4.79 Å². The molecule has 0 bridgehead atoms. The first-order valence-corrected chi connectivity index (χ1v) is 7.11. The maximum Gasteiger partial charge on any atom is 0.258 e. The number of methoxy groups -OCH3 is 2. The number of hydrogen-bond acceptors (Lipinski definition) is 3. The van der Waals surface area contributed by atoms with E-state index in [0.717, 1.165) is 10.2 Å². The van der Waals surface area contributed by atoms with E-state index in [1.54, 1.807) is 44.4 Å². The molecule has 0 aliphatic heterocycles. The molecule has 0 saturated heterocycles. The van der Waals surface area contributed by atoms with Crippen LogP contribution in [0.5, 0.6) is 11.5 Å². The number of halogens is 1. The zero-order chi connectivity index (χ0) is 15.4. The maximum absolute atomic E-state index is 12.5. The molecule has 0 heterocycles. The molecule has 0 fully saturated rings. The van der Waals surface area contributed by atoms with Gasteiger partial charge in [0.25, 0.3) is 5.91 Å². The monoisotopic (exact) mass is 349 g/mol. The second-order valence-corrected chi connectivity index (χ2v) is 5.27. The molecule has 0 aliphatic carbocycles. The van der Waals surface area contributed by atoms with Crippen molar-refractivity contribution >= 4 is 27.5 Å². The third-order valence-corrected chi connectivity index (χ3v) is 3.76. The third-order valence-electron chi connectivity index (χ3n) is 3.14. The molecule has 2 aromatic rings. The molecule has 5 heteroatoms. The van der Waals surface area contributed by atoms with Crippen molar-refractivity contribution in [1.29, 1.82) is 0 Å². The molecule has 0 aromatic heterocycles. The molecule has 110 valence electrons. The van der Waals surface area contributed by atoms with Gasteiger partial charge in [0.1, 0.15) is 11.5 Å². The molecule has 21 heavy (non-hydrogen) atoms. The Balaban J connectivity index is 2.28. The zero-order valence-electron chi connectivity index (χ0n) is 12.1. The molecule has 2 aromatic carbocycles. The molecule has 0 saturated carbocycles. The topological polar surface area (TPSA) is 38.8 Å². The first-order valence-electron chi connectivity index (χ1n) is 6.32. The van der Waals surface area contributed by atoms with Gasteiger partial charge in [0, 0.05) is 24.4 Å². The van der Waals surface area contributed by atoms with E-state index in [0.29, 0.717) is 17.1 Å². The summed E-state index contributed by atoms with van der Waals surface area (Å²) in [6.45, 7) is 0. The molecule has 0 radical (unpaired) electrons. The van der Waals surface area contributed by atoms with E-state index in [1.807, 2.05) is 24.3 Å². The molecule has 0 spiro atoms. The van der Waals surface area contributed by atoms with Gasteiger partial charge in [0.15, 0.2) is 0 Å². The van der Waals surface area contributed by atoms with Gasteiger partial charge in [-0.2, -0.15) is 0 Å². The number of nitrogens with zero attached hydrogens (tertiary/aromatic N) is 1. The van der Waals surface area contributed by atoms with Gasteiger partial charge in [-0.05, 0) is 46.3 Å². The lowest BCUT2D eigenvalue weighted by atomic mass is 10.2. The van der Waals surface area contributed by atoms with Crippen LogP contribution in [0.25, 0.3) is 0 Å². The summed E-state index contributed by atoms with van der Waals surface area (Å²) < 4.78 is 11.1. The third kappa shape index (κ3) is 3.36. The number of amides is 1. The van der Waals surface area contributed by atoms with Gasteiger partial charge < -0.3 is 14.4 Å². The van der Waals surface area contributed by atoms with Crippen molar-refractivity contribution < 1.29 is 14.3 Å². The van der Waals surface area contributed by atoms with Crippen molar-refractivity contribution in [1.82, 2.24) is 0 Å². The Morgan fingerprint density at radius 1 is 1.10 bits per heavy atom. The van der Waals surface area contributed by atoms with E-state index in [4.69, 9.17) is 9.47 Å². The van der Waals surface area contributed by atoms with Gasteiger partial charge in [0.05, 0.1) is 18.7 Å². The fourth-order valence-corrected chi connectivity index (χ4v) is 2.47. The average molecular weight is 350 g/mol. The Kier molecular flexibility index (Phi) is 4.85. The van der Waals surface area contributed by atoms with Crippen LogP contribution in [0.4, 0.5) is 5.69 Å². The maximum atomic E-state index is 12.5. The summed E-state index contributed by atoms with van der Waals surface area (Å²) in [5.74, 6) is 1.30. The minimum absolute atomic E-state index is 0.105. The number of carbonyl (C=O) groups is 1. The van der Waals surface area contributed by atoms with Gasteiger partial charge in [-0.1, -0.05) is 6.07 Å². The smallest absolute Gasteiger partial charge is 0.258 e. The van der Waals surface area contributed by atoms with Gasteiger partial charge in [-0.25, -0.2) is 0 Å². The zero-order valence-corrected chi connectivity index (χ0v) is 13.7. The van der Waals surface area contributed by atoms with Crippen LogP contribution in [0, 0.1) is 0 Å². The molecule has 2 rings (SSSR count). The highest BCUT2D eigenvalue weighted by molar-refractivity contribution is 9.10. The molecule has 0 unspecified atom stereocenters. The molecular formula is C16H16BrNO3. The number of anilines is 1. The van der Waals surface area contributed by atoms with Crippen LogP contribution in [0.3, 0.4) is 0 Å². The standard InChI is InChI=1S/C16H16BrNO3/c1-18(12-5-4-6-13(10-12)20-2)16(19)11-7-8-15(21-3)14(17)9-11/h4-10H,1-3H3. The Morgan fingerprint density at radius 3 is 2.48 bits per heavy atom. The fraction of sp³-hybridized carbons (Fsp3) is 0.188. The molecule has 0 N–H and O–H groups in total. The minimum atomic E-state index is -0.105. The number of rotatable bonds is 4. The van der Waals surface area contributed by atoms with Crippen LogP contribution in [0.2, 0.25) is 0 Å². The van der Waals surface area contributed by atoms with Crippen molar-refractivity contribution in [3.63, 3.8) is 0 Å². The summed E-state index contributed by atoms with van der Waals surface area (Å²) in [5, 5.41) is 0. The predicted molar refractivity (Wildman–Crippen MR) is 86.4 cm³/mol. The molecule has 0 aliphatic rings. The van der Waals surface area contributed by atoms with E-state index in [1.165, 1.54) is 0 Å². The lowest BCUT2D eigenvalue weighted by Crippen LogP contribution is -2.26. The van der Waals surface area contributed by atoms with Crippen LogP contribution in [0.15, 0.2) is 46.9 Å². The highest BCUT2D eigenvalue weighted by Crippen LogP contribution is 2.27. The summed E-state index contributed by atoms with van der Waals surface area (Å²) in [6.07, 6.45) is 0. The Labute approximate surface area is 132 Å². The first-order chi connectivity index (χ1) is 10.1. The summed E-state index contributed by atoms with van der Waals surface area (Å²) >= 11 is 3.39. The van der Waals surface area contributed by atoms with E-state index in [-0.39, 0.29) is 5.91 Å². The van der Waals surface area contributed by atoms with Crippen LogP contribution in [-0.4, -0.2) is 27.2 Å². The van der Waals surface area contributed by atoms with Gasteiger partial charge in [-0.15, -0.1) is 0 Å². The lowest BCUT2D eigenvalue weighted by molar-refractivity contribution is 0.0993. The highest BCUT2D eigenvalue weighted by atomic mass is 79.9. The van der Waals surface area contributed by atoms with Crippen molar-refractivity contribution in [2.45, 2.75) is 0 Å². The summed E-state index contributed by atoms with van der Waals surface area (Å²) in [4.78, 5) is 14.1. The van der Waals surface area contributed by atoms with Crippen LogP contribution in [0.1, 0.15) is 10.4 Å². The number of hydrogen-bond donors (Lipinski definition) is 0. The van der Waals surface area contributed by atoms with Crippen molar-refractivity contribution in [2.24, 2.45) is 0 Å². The summed E-state index contributed by atoms with van der Waals surface area (Å²) in [7, 11) is 4.92. The second-order valence-electron chi connectivity index (χ2n) is 4.41. The number of benzene rings is 2. The highest BCUT2D eigenvalue weighted by Gasteiger charge is 2.15. The van der Waals surface area contributed by atoms with Crippen molar-refractivity contribution in [3.05, 3.63) is 52.5 Å².